The Hall–Kier alpha value is -2.28. The molecule has 0 aliphatic heterocycles. The van der Waals surface area contributed by atoms with Crippen molar-refractivity contribution in [1.82, 2.24) is 0 Å². The molecule has 0 unspecified atom stereocenters. The average Bonchev–Trinajstić information content (AvgIpc) is 2.48. The van der Waals surface area contributed by atoms with Gasteiger partial charge in [-0.25, -0.2) is 0 Å². The maximum Gasteiger partial charge on any atom is 0.255 e. The summed E-state index contributed by atoms with van der Waals surface area (Å²) in [6.07, 6.45) is 0. The summed E-state index contributed by atoms with van der Waals surface area (Å²) in [6.45, 7) is 2.23. The van der Waals surface area contributed by atoms with E-state index in [2.05, 4.69) is 17.2 Å². The molecule has 21 heavy (non-hydrogen) atoms. The van der Waals surface area contributed by atoms with Crippen LogP contribution in [0.2, 0.25) is 5.02 Å². The lowest BCUT2D eigenvalue weighted by molar-refractivity contribution is 0.102. The summed E-state index contributed by atoms with van der Waals surface area (Å²) in [7, 11) is 0. The Morgan fingerprint density at radius 2 is 1.95 bits per heavy atom. The summed E-state index contributed by atoms with van der Waals surface area (Å²) in [5.74, 6) is 5.56. The van der Waals surface area contributed by atoms with Crippen molar-refractivity contribution < 1.29 is 4.79 Å². The summed E-state index contributed by atoms with van der Waals surface area (Å²) in [5.41, 5.74) is 8.43. The fraction of sp³-hybridized carbons (Fsp3) is 0.118. The van der Waals surface area contributed by atoms with Crippen molar-refractivity contribution in [1.29, 1.82) is 0 Å². The highest BCUT2D eigenvalue weighted by atomic mass is 35.5. The minimum atomic E-state index is -0.182. The molecule has 0 bridgehead atoms. The van der Waals surface area contributed by atoms with Crippen LogP contribution in [0.4, 0.5) is 5.69 Å². The van der Waals surface area contributed by atoms with Gasteiger partial charge in [0.2, 0.25) is 0 Å². The van der Waals surface area contributed by atoms with Gasteiger partial charge in [-0.1, -0.05) is 29.5 Å². The van der Waals surface area contributed by atoms with Crippen LogP contribution in [0.5, 0.6) is 0 Å². The van der Waals surface area contributed by atoms with E-state index >= 15 is 0 Å². The van der Waals surface area contributed by atoms with Crippen molar-refractivity contribution in [3.05, 3.63) is 64.2 Å². The van der Waals surface area contributed by atoms with Crippen LogP contribution in [0.25, 0.3) is 0 Å². The largest absolute Gasteiger partial charge is 0.322 e. The summed E-state index contributed by atoms with van der Waals surface area (Å²) < 4.78 is 0. The highest BCUT2D eigenvalue weighted by Gasteiger charge is 2.08. The first-order valence-electron chi connectivity index (χ1n) is 6.46. The standard InChI is InChI=1S/C17H15ClN2O/c1-12-4-5-13(3-2-10-19)11-16(12)20-17(21)14-6-8-15(18)9-7-14/h4-9,11H,10,19H2,1H3,(H,20,21). The number of nitrogens with two attached hydrogens (primary N) is 1. The van der Waals surface area contributed by atoms with E-state index in [1.165, 1.54) is 0 Å². The Bertz CT molecular complexity index is 712. The van der Waals surface area contributed by atoms with Gasteiger partial charge in [0.1, 0.15) is 0 Å². The van der Waals surface area contributed by atoms with E-state index in [0.29, 0.717) is 17.1 Å². The second-order valence-electron chi connectivity index (χ2n) is 4.50. The van der Waals surface area contributed by atoms with Crippen LogP contribution in [-0.2, 0) is 0 Å². The van der Waals surface area contributed by atoms with Crippen molar-refractivity contribution >= 4 is 23.2 Å². The molecule has 2 rings (SSSR count). The lowest BCUT2D eigenvalue weighted by Crippen LogP contribution is -2.12. The van der Waals surface area contributed by atoms with Gasteiger partial charge in [-0.2, -0.15) is 0 Å². The zero-order chi connectivity index (χ0) is 15.2. The molecule has 0 saturated carbocycles. The van der Waals surface area contributed by atoms with Gasteiger partial charge >= 0.3 is 0 Å². The Morgan fingerprint density at radius 3 is 2.62 bits per heavy atom. The van der Waals surface area contributed by atoms with Crippen LogP contribution in [0.15, 0.2) is 42.5 Å². The van der Waals surface area contributed by atoms with Gasteiger partial charge < -0.3 is 11.1 Å². The second-order valence-corrected chi connectivity index (χ2v) is 4.93. The fourth-order valence-electron chi connectivity index (χ4n) is 1.78. The molecule has 0 heterocycles. The van der Waals surface area contributed by atoms with Crippen LogP contribution < -0.4 is 11.1 Å². The molecular weight excluding hydrogens is 284 g/mol. The molecule has 0 atom stereocenters. The SMILES string of the molecule is Cc1ccc(C#CCN)cc1NC(=O)c1ccc(Cl)cc1. The predicted octanol–water partition coefficient (Wildman–Crippen LogP) is 3.21. The van der Waals surface area contributed by atoms with E-state index in [-0.39, 0.29) is 5.91 Å². The molecule has 106 valence electrons. The molecule has 0 aliphatic rings. The number of aryl methyl sites for hydroxylation is 1. The molecule has 0 radical (unpaired) electrons. The monoisotopic (exact) mass is 298 g/mol. The maximum atomic E-state index is 12.2. The second kappa shape index (κ2) is 6.94. The highest BCUT2D eigenvalue weighted by Crippen LogP contribution is 2.18. The first-order chi connectivity index (χ1) is 10.1. The number of halogens is 1. The van der Waals surface area contributed by atoms with Gasteiger partial charge in [0.25, 0.3) is 5.91 Å². The van der Waals surface area contributed by atoms with E-state index in [0.717, 1.165) is 16.8 Å². The van der Waals surface area contributed by atoms with Crippen molar-refractivity contribution in [2.75, 3.05) is 11.9 Å². The third-order valence-electron chi connectivity index (χ3n) is 2.93. The molecule has 3 N–H and O–H groups in total. The van der Waals surface area contributed by atoms with Gasteiger partial charge in [0.05, 0.1) is 6.54 Å². The smallest absolute Gasteiger partial charge is 0.255 e. The van der Waals surface area contributed by atoms with Crippen molar-refractivity contribution in [3.8, 4) is 11.8 Å². The topological polar surface area (TPSA) is 55.1 Å². The van der Waals surface area contributed by atoms with Crippen LogP contribution in [0, 0.1) is 18.8 Å². The number of carbonyl (C=O) groups excluding carboxylic acids is 1. The number of anilines is 1. The van der Waals surface area contributed by atoms with E-state index in [1.807, 2.05) is 25.1 Å². The number of amides is 1. The lowest BCUT2D eigenvalue weighted by atomic mass is 10.1. The molecule has 4 heteroatoms. The normalized spacial score (nSPS) is 9.67. The van der Waals surface area contributed by atoms with Crippen molar-refractivity contribution in [2.45, 2.75) is 6.92 Å². The number of rotatable bonds is 2. The first kappa shape index (κ1) is 15.1. The highest BCUT2D eigenvalue weighted by molar-refractivity contribution is 6.30. The maximum absolute atomic E-state index is 12.2. The molecule has 0 saturated heterocycles. The molecule has 0 aliphatic carbocycles. The Morgan fingerprint density at radius 1 is 1.24 bits per heavy atom. The van der Waals surface area contributed by atoms with Gasteiger partial charge in [0.15, 0.2) is 0 Å². The molecule has 2 aromatic carbocycles. The summed E-state index contributed by atoms with van der Waals surface area (Å²) in [5, 5.41) is 3.48. The van der Waals surface area contributed by atoms with E-state index < -0.39 is 0 Å². The van der Waals surface area contributed by atoms with Crippen molar-refractivity contribution in [2.24, 2.45) is 5.73 Å². The van der Waals surface area contributed by atoms with Gasteiger partial charge in [-0.15, -0.1) is 0 Å². The lowest BCUT2D eigenvalue weighted by Gasteiger charge is -2.09. The number of carbonyl (C=O) groups is 1. The van der Waals surface area contributed by atoms with E-state index in [9.17, 15) is 4.79 Å². The third-order valence-corrected chi connectivity index (χ3v) is 3.18. The van der Waals surface area contributed by atoms with Crippen molar-refractivity contribution in [3.63, 3.8) is 0 Å². The van der Waals surface area contributed by atoms with E-state index in [4.69, 9.17) is 17.3 Å². The molecule has 1 amide bonds. The molecule has 0 spiro atoms. The Labute approximate surface area is 129 Å². The van der Waals surface area contributed by atoms with Gasteiger partial charge in [-0.3, -0.25) is 4.79 Å². The minimum absolute atomic E-state index is 0.182. The molecule has 2 aromatic rings. The molecule has 0 fully saturated rings. The first-order valence-corrected chi connectivity index (χ1v) is 6.84. The zero-order valence-electron chi connectivity index (χ0n) is 11.6. The predicted molar refractivity (Wildman–Crippen MR) is 86.5 cm³/mol. The number of hydrogen-bond donors (Lipinski definition) is 2. The van der Waals surface area contributed by atoms with Gasteiger partial charge in [0, 0.05) is 21.8 Å². The van der Waals surface area contributed by atoms with Crippen LogP contribution in [-0.4, -0.2) is 12.5 Å². The van der Waals surface area contributed by atoms with Gasteiger partial charge in [-0.05, 0) is 48.9 Å². The Kier molecular flexibility index (Phi) is 4.99. The summed E-state index contributed by atoms with van der Waals surface area (Å²) in [4.78, 5) is 12.2. The summed E-state index contributed by atoms with van der Waals surface area (Å²) in [6, 6.07) is 12.4. The van der Waals surface area contributed by atoms with Crippen LogP contribution in [0.1, 0.15) is 21.5 Å². The zero-order valence-corrected chi connectivity index (χ0v) is 12.4. The number of nitrogens with one attached hydrogen (secondary N) is 1. The molecule has 3 nitrogen and oxygen atoms in total. The number of benzene rings is 2. The third kappa shape index (κ3) is 4.09. The quantitative estimate of drug-likeness (QED) is 0.837. The minimum Gasteiger partial charge on any atom is -0.322 e. The molecule has 0 aromatic heterocycles. The van der Waals surface area contributed by atoms with Crippen LogP contribution >= 0.6 is 11.6 Å². The average molecular weight is 299 g/mol. The fourth-order valence-corrected chi connectivity index (χ4v) is 1.91. The van der Waals surface area contributed by atoms with Crippen LogP contribution in [0.3, 0.4) is 0 Å². The Balaban J connectivity index is 2.22. The number of hydrogen-bond acceptors (Lipinski definition) is 2. The van der Waals surface area contributed by atoms with E-state index in [1.54, 1.807) is 24.3 Å². The molecular formula is C17H15ClN2O. The summed E-state index contributed by atoms with van der Waals surface area (Å²) >= 11 is 5.81.